The quantitative estimate of drug-likeness (QED) is 0.571. The molecule has 0 radical (unpaired) electrons. The number of anilines is 1. The van der Waals surface area contributed by atoms with E-state index in [-0.39, 0.29) is 37.3 Å². The minimum Gasteiger partial charge on any atom is -0.491 e. The van der Waals surface area contributed by atoms with E-state index in [1.165, 1.54) is 12.1 Å². The summed E-state index contributed by atoms with van der Waals surface area (Å²) in [6, 6.07) is 5.35. The zero-order valence-corrected chi connectivity index (χ0v) is 16.0. The molecule has 162 valence electrons. The maximum atomic E-state index is 14.7. The largest absolute Gasteiger partial charge is 0.491 e. The third-order valence-electron chi connectivity index (χ3n) is 5.73. The van der Waals surface area contributed by atoms with E-state index in [2.05, 4.69) is 20.3 Å². The van der Waals surface area contributed by atoms with Crippen molar-refractivity contribution < 1.29 is 32.8 Å². The Morgan fingerprint density at radius 3 is 2.87 bits per heavy atom. The molecule has 0 aliphatic carbocycles. The molecule has 3 aliphatic heterocycles. The number of rotatable bonds is 4. The second kappa shape index (κ2) is 7.01. The number of aromatic nitrogens is 3. The van der Waals surface area contributed by atoms with E-state index in [1.807, 2.05) is 0 Å². The van der Waals surface area contributed by atoms with Crippen LogP contribution >= 0.6 is 0 Å². The van der Waals surface area contributed by atoms with E-state index in [1.54, 1.807) is 12.1 Å². The van der Waals surface area contributed by atoms with E-state index >= 15 is 0 Å². The maximum absolute atomic E-state index is 14.7. The van der Waals surface area contributed by atoms with Crippen LogP contribution in [0.1, 0.15) is 11.6 Å². The predicted octanol–water partition coefficient (Wildman–Crippen LogP) is 1.69. The van der Waals surface area contributed by atoms with Crippen molar-refractivity contribution in [2.45, 2.75) is 30.5 Å². The van der Waals surface area contributed by atoms with Crippen LogP contribution in [0.3, 0.4) is 0 Å². The fourth-order valence-electron chi connectivity index (χ4n) is 4.26. The van der Waals surface area contributed by atoms with Crippen LogP contribution in [-0.2, 0) is 9.47 Å². The lowest BCUT2D eigenvalue weighted by atomic mass is 10.1. The van der Waals surface area contributed by atoms with Crippen LogP contribution in [0.25, 0.3) is 11.2 Å². The van der Waals surface area contributed by atoms with Crippen LogP contribution in [0.4, 0.5) is 14.6 Å². The molecule has 0 unspecified atom stereocenters. The lowest BCUT2D eigenvalue weighted by Gasteiger charge is -2.15. The average Bonchev–Trinajstić information content (AvgIpc) is 3.50. The third kappa shape index (κ3) is 3.08. The number of ether oxygens (including phenoxy) is 4. The van der Waals surface area contributed by atoms with E-state index in [0.29, 0.717) is 16.8 Å². The van der Waals surface area contributed by atoms with Crippen molar-refractivity contribution in [2.75, 3.05) is 25.1 Å². The SMILES string of the molecule is O[C@@H]1CO[C@H]2[C@@H]1OC[C@H]2Oc1nc2nc(N[C@@H]3COc4cccc(F)c43)c(F)cc2[nH]1. The van der Waals surface area contributed by atoms with Crippen molar-refractivity contribution in [1.82, 2.24) is 15.0 Å². The Labute approximate surface area is 174 Å². The minimum atomic E-state index is -0.687. The summed E-state index contributed by atoms with van der Waals surface area (Å²) in [5.74, 6) is -0.702. The number of nitrogens with zero attached hydrogens (tertiary/aromatic N) is 2. The fraction of sp³-hybridized carbons (Fsp3) is 0.400. The Morgan fingerprint density at radius 1 is 1.10 bits per heavy atom. The number of halogens is 2. The molecule has 3 N–H and O–H groups in total. The molecule has 2 fully saturated rings. The van der Waals surface area contributed by atoms with Crippen LogP contribution in [0.5, 0.6) is 11.8 Å². The monoisotopic (exact) mass is 432 g/mol. The van der Waals surface area contributed by atoms with Crippen LogP contribution in [0, 0.1) is 11.6 Å². The van der Waals surface area contributed by atoms with Crippen molar-refractivity contribution in [3.8, 4) is 11.8 Å². The molecular formula is C20H18F2N4O5. The summed E-state index contributed by atoms with van der Waals surface area (Å²) in [4.78, 5) is 11.4. The van der Waals surface area contributed by atoms with Gasteiger partial charge in [0.1, 0.15) is 36.5 Å². The summed E-state index contributed by atoms with van der Waals surface area (Å²) < 4.78 is 51.2. The summed E-state index contributed by atoms with van der Waals surface area (Å²) in [6.07, 6.45) is -1.98. The first kappa shape index (κ1) is 18.7. The van der Waals surface area contributed by atoms with Gasteiger partial charge in [0.2, 0.25) is 0 Å². The van der Waals surface area contributed by atoms with Crippen LogP contribution in [0.15, 0.2) is 24.3 Å². The maximum Gasteiger partial charge on any atom is 0.296 e. The zero-order valence-electron chi connectivity index (χ0n) is 16.0. The summed E-state index contributed by atoms with van der Waals surface area (Å²) in [7, 11) is 0. The molecule has 0 amide bonds. The standard InChI is InChI=1S/C20H18F2N4O5/c21-8-2-1-3-13-15(8)11(5-28-13)23-18-9(22)4-10-19(25-18)26-20(24-10)31-14-7-30-16-12(27)6-29-17(14)16/h1-4,11-12,14,16-17,27H,5-7H2,(H2,23,24,25,26)/t11-,12-,14-,16-,17-/m1/s1. The highest BCUT2D eigenvalue weighted by Crippen LogP contribution is 2.37. The summed E-state index contributed by atoms with van der Waals surface area (Å²) in [5.41, 5.74) is 0.911. The smallest absolute Gasteiger partial charge is 0.296 e. The number of imidazole rings is 1. The number of pyridine rings is 1. The normalized spacial score (nSPS) is 29.1. The van der Waals surface area contributed by atoms with Gasteiger partial charge in [-0.1, -0.05) is 6.07 Å². The van der Waals surface area contributed by atoms with E-state index < -0.39 is 42.1 Å². The molecule has 6 rings (SSSR count). The molecular weight excluding hydrogens is 414 g/mol. The first-order valence-corrected chi connectivity index (χ1v) is 9.89. The van der Waals surface area contributed by atoms with Crippen LogP contribution in [-0.4, -0.2) is 64.3 Å². The molecule has 31 heavy (non-hydrogen) atoms. The number of hydrogen-bond donors (Lipinski definition) is 3. The number of fused-ring (bicyclic) bond motifs is 3. The van der Waals surface area contributed by atoms with Gasteiger partial charge in [0, 0.05) is 6.07 Å². The van der Waals surface area contributed by atoms with Crippen molar-refractivity contribution in [3.05, 3.63) is 41.5 Å². The number of aliphatic hydroxyl groups excluding tert-OH is 1. The molecule has 5 atom stereocenters. The van der Waals surface area contributed by atoms with Crippen molar-refractivity contribution in [3.63, 3.8) is 0 Å². The lowest BCUT2D eigenvalue weighted by Crippen LogP contribution is -2.34. The number of aromatic amines is 1. The molecule has 1 aromatic carbocycles. The van der Waals surface area contributed by atoms with Crippen LogP contribution < -0.4 is 14.8 Å². The van der Waals surface area contributed by atoms with Gasteiger partial charge in [0.15, 0.2) is 23.4 Å². The average molecular weight is 432 g/mol. The molecule has 3 aliphatic rings. The van der Waals surface area contributed by atoms with Gasteiger partial charge >= 0.3 is 0 Å². The van der Waals surface area contributed by atoms with Gasteiger partial charge in [-0.3, -0.25) is 0 Å². The number of H-pyrrole nitrogens is 1. The molecule has 9 nitrogen and oxygen atoms in total. The fourth-order valence-corrected chi connectivity index (χ4v) is 4.26. The molecule has 5 heterocycles. The molecule has 0 bridgehead atoms. The van der Waals surface area contributed by atoms with E-state index in [4.69, 9.17) is 18.9 Å². The molecule has 2 aromatic heterocycles. The highest BCUT2D eigenvalue weighted by atomic mass is 19.1. The Morgan fingerprint density at radius 2 is 1.97 bits per heavy atom. The second-order valence-corrected chi connectivity index (χ2v) is 7.71. The number of nitrogens with one attached hydrogen (secondary N) is 2. The van der Waals surface area contributed by atoms with Gasteiger partial charge in [-0.25, -0.2) is 13.8 Å². The van der Waals surface area contributed by atoms with Gasteiger partial charge in [-0.2, -0.15) is 4.98 Å². The third-order valence-corrected chi connectivity index (χ3v) is 5.73. The first-order chi connectivity index (χ1) is 15.1. The Balaban J connectivity index is 1.24. The summed E-state index contributed by atoms with van der Waals surface area (Å²) >= 11 is 0. The first-order valence-electron chi connectivity index (χ1n) is 9.89. The Bertz CT molecular complexity index is 1160. The number of hydrogen-bond acceptors (Lipinski definition) is 8. The van der Waals surface area contributed by atoms with Gasteiger partial charge in [-0.15, -0.1) is 0 Å². The molecule has 0 spiro atoms. The summed E-state index contributed by atoms with van der Waals surface area (Å²) in [5, 5.41) is 12.7. The topological polar surface area (TPSA) is 111 Å². The minimum absolute atomic E-state index is 0.0678. The summed E-state index contributed by atoms with van der Waals surface area (Å²) in [6.45, 7) is 0.580. The van der Waals surface area contributed by atoms with Gasteiger partial charge < -0.3 is 34.4 Å². The molecule has 2 saturated heterocycles. The van der Waals surface area contributed by atoms with Gasteiger partial charge in [0.05, 0.1) is 30.3 Å². The lowest BCUT2D eigenvalue weighted by molar-refractivity contribution is 0.00706. The van der Waals surface area contributed by atoms with Gasteiger partial charge in [-0.05, 0) is 12.1 Å². The van der Waals surface area contributed by atoms with Crippen molar-refractivity contribution >= 4 is 17.0 Å². The van der Waals surface area contributed by atoms with Crippen molar-refractivity contribution in [2.24, 2.45) is 0 Å². The van der Waals surface area contributed by atoms with E-state index in [9.17, 15) is 13.9 Å². The zero-order chi connectivity index (χ0) is 21.1. The Kier molecular flexibility index (Phi) is 4.23. The van der Waals surface area contributed by atoms with Crippen LogP contribution in [0.2, 0.25) is 0 Å². The molecule has 3 aromatic rings. The predicted molar refractivity (Wildman–Crippen MR) is 102 cm³/mol. The Hall–Kier alpha value is -3.02. The number of benzene rings is 1. The second-order valence-electron chi connectivity index (χ2n) is 7.71. The number of aliphatic hydroxyl groups is 1. The van der Waals surface area contributed by atoms with Crippen molar-refractivity contribution in [1.29, 1.82) is 0 Å². The highest BCUT2D eigenvalue weighted by molar-refractivity contribution is 5.74. The highest BCUT2D eigenvalue weighted by Gasteiger charge is 2.48. The van der Waals surface area contributed by atoms with Gasteiger partial charge in [0.25, 0.3) is 6.01 Å². The molecule has 11 heteroatoms. The van der Waals surface area contributed by atoms with E-state index in [0.717, 1.165) is 0 Å². The molecule has 0 saturated carbocycles.